The zero-order chi connectivity index (χ0) is 11.4. The monoisotopic (exact) mass is 234 g/mol. The summed E-state index contributed by atoms with van der Waals surface area (Å²) >= 11 is 1.63. The number of nitrogens with zero attached hydrogens (tertiary/aromatic N) is 1. The van der Waals surface area contributed by atoms with Gasteiger partial charge in [-0.25, -0.2) is 0 Å². The molecule has 0 unspecified atom stereocenters. The van der Waals surface area contributed by atoms with Crippen LogP contribution in [0.4, 0.5) is 11.4 Å². The highest BCUT2D eigenvalue weighted by Gasteiger charge is 2.04. The molecule has 4 nitrogen and oxygen atoms in total. The summed E-state index contributed by atoms with van der Waals surface area (Å²) in [4.78, 5) is 10.2. The quantitative estimate of drug-likeness (QED) is 0.652. The summed E-state index contributed by atoms with van der Waals surface area (Å²) in [5.74, 6) is 0. The second kappa shape index (κ2) is 4.76. The summed E-state index contributed by atoms with van der Waals surface area (Å²) in [7, 11) is 0. The van der Waals surface area contributed by atoms with Crippen LogP contribution in [-0.4, -0.2) is 4.92 Å². The first-order chi connectivity index (χ1) is 7.75. The molecule has 0 aliphatic heterocycles. The van der Waals surface area contributed by atoms with E-state index in [0.29, 0.717) is 6.54 Å². The molecule has 2 aromatic rings. The molecule has 0 amide bonds. The molecule has 0 saturated heterocycles. The molecule has 1 aromatic heterocycles. The lowest BCUT2D eigenvalue weighted by atomic mass is 10.2. The van der Waals surface area contributed by atoms with Gasteiger partial charge >= 0.3 is 0 Å². The number of benzene rings is 1. The molecule has 0 aliphatic carbocycles. The Morgan fingerprint density at radius 1 is 1.38 bits per heavy atom. The van der Waals surface area contributed by atoms with Crippen molar-refractivity contribution in [2.24, 2.45) is 0 Å². The molecule has 0 bridgehead atoms. The van der Waals surface area contributed by atoms with Crippen LogP contribution in [0.3, 0.4) is 0 Å². The third kappa shape index (κ3) is 2.58. The Morgan fingerprint density at radius 2 is 2.25 bits per heavy atom. The fraction of sp³-hybridized carbons (Fsp3) is 0.0909. The van der Waals surface area contributed by atoms with Gasteiger partial charge in [0.1, 0.15) is 0 Å². The van der Waals surface area contributed by atoms with Crippen molar-refractivity contribution in [3.63, 3.8) is 0 Å². The van der Waals surface area contributed by atoms with E-state index in [1.54, 1.807) is 17.4 Å². The highest BCUT2D eigenvalue weighted by atomic mass is 32.1. The summed E-state index contributed by atoms with van der Waals surface area (Å²) in [5, 5.41) is 17.8. The van der Waals surface area contributed by atoms with E-state index in [0.717, 1.165) is 5.69 Å². The van der Waals surface area contributed by atoms with E-state index in [2.05, 4.69) is 5.32 Å². The van der Waals surface area contributed by atoms with Gasteiger partial charge in [0.2, 0.25) is 0 Å². The topological polar surface area (TPSA) is 55.2 Å². The Bertz CT molecular complexity index is 482. The second-order valence-corrected chi connectivity index (χ2v) is 4.07. The minimum Gasteiger partial charge on any atom is -0.381 e. The van der Waals surface area contributed by atoms with Crippen LogP contribution in [0, 0.1) is 10.1 Å². The third-order valence-electron chi connectivity index (χ3n) is 2.13. The number of nitro benzene ring substituents is 1. The normalized spacial score (nSPS) is 10.0. The van der Waals surface area contributed by atoms with Gasteiger partial charge in [0.05, 0.1) is 4.92 Å². The van der Waals surface area contributed by atoms with Gasteiger partial charge < -0.3 is 5.32 Å². The van der Waals surface area contributed by atoms with Crippen LogP contribution in [0.5, 0.6) is 0 Å². The zero-order valence-electron chi connectivity index (χ0n) is 8.42. The van der Waals surface area contributed by atoms with E-state index in [9.17, 15) is 10.1 Å². The predicted octanol–water partition coefficient (Wildman–Crippen LogP) is 3.27. The van der Waals surface area contributed by atoms with Gasteiger partial charge in [0.25, 0.3) is 5.69 Å². The SMILES string of the molecule is O=[N+]([O-])c1cccc(NCc2ccsc2)c1. The van der Waals surface area contributed by atoms with E-state index in [-0.39, 0.29) is 5.69 Å². The number of hydrogen-bond donors (Lipinski definition) is 1. The number of rotatable bonds is 4. The van der Waals surface area contributed by atoms with E-state index >= 15 is 0 Å². The third-order valence-corrected chi connectivity index (χ3v) is 2.87. The lowest BCUT2D eigenvalue weighted by Crippen LogP contribution is -1.98. The zero-order valence-corrected chi connectivity index (χ0v) is 9.24. The van der Waals surface area contributed by atoms with Crippen LogP contribution in [-0.2, 0) is 6.54 Å². The maximum Gasteiger partial charge on any atom is 0.271 e. The first-order valence-electron chi connectivity index (χ1n) is 4.75. The summed E-state index contributed by atoms with van der Waals surface area (Å²) < 4.78 is 0. The summed E-state index contributed by atoms with van der Waals surface area (Å²) in [6.07, 6.45) is 0. The molecule has 0 radical (unpaired) electrons. The molecule has 2 rings (SSSR count). The maximum atomic E-state index is 10.6. The molecule has 0 spiro atoms. The fourth-order valence-corrected chi connectivity index (χ4v) is 2.00. The van der Waals surface area contributed by atoms with Crippen molar-refractivity contribution in [3.05, 3.63) is 56.8 Å². The van der Waals surface area contributed by atoms with Crippen molar-refractivity contribution >= 4 is 22.7 Å². The molecule has 0 aliphatic rings. The van der Waals surface area contributed by atoms with Crippen molar-refractivity contribution in [2.45, 2.75) is 6.54 Å². The van der Waals surface area contributed by atoms with E-state index in [1.807, 2.05) is 22.9 Å². The van der Waals surface area contributed by atoms with E-state index in [1.165, 1.54) is 17.7 Å². The van der Waals surface area contributed by atoms with Crippen molar-refractivity contribution in [1.82, 2.24) is 0 Å². The van der Waals surface area contributed by atoms with Gasteiger partial charge in [-0.3, -0.25) is 10.1 Å². The van der Waals surface area contributed by atoms with Crippen LogP contribution in [0.2, 0.25) is 0 Å². The summed E-state index contributed by atoms with van der Waals surface area (Å²) in [5.41, 5.74) is 2.05. The van der Waals surface area contributed by atoms with Gasteiger partial charge in [0.15, 0.2) is 0 Å². The molecule has 82 valence electrons. The number of thiophene rings is 1. The number of anilines is 1. The molecule has 0 atom stereocenters. The Morgan fingerprint density at radius 3 is 2.94 bits per heavy atom. The van der Waals surface area contributed by atoms with Crippen molar-refractivity contribution in [3.8, 4) is 0 Å². The Labute approximate surface area is 96.7 Å². The largest absolute Gasteiger partial charge is 0.381 e. The molecular weight excluding hydrogens is 224 g/mol. The Hall–Kier alpha value is -1.88. The number of nitrogens with one attached hydrogen (secondary N) is 1. The minimum atomic E-state index is -0.393. The number of hydrogen-bond acceptors (Lipinski definition) is 4. The molecule has 0 saturated carbocycles. The highest BCUT2D eigenvalue weighted by Crippen LogP contribution is 2.18. The summed E-state index contributed by atoms with van der Waals surface area (Å²) in [6.45, 7) is 0.685. The first kappa shape index (κ1) is 10.6. The van der Waals surface area contributed by atoms with Gasteiger partial charge in [-0.2, -0.15) is 11.3 Å². The maximum absolute atomic E-state index is 10.6. The van der Waals surface area contributed by atoms with Crippen LogP contribution in [0.1, 0.15) is 5.56 Å². The van der Waals surface area contributed by atoms with Crippen molar-refractivity contribution in [1.29, 1.82) is 0 Å². The average molecular weight is 234 g/mol. The Balaban J connectivity index is 2.04. The molecule has 5 heteroatoms. The standard InChI is InChI=1S/C11H10N2O2S/c14-13(15)11-3-1-2-10(6-11)12-7-9-4-5-16-8-9/h1-6,8,12H,7H2. The number of non-ortho nitro benzene ring substituents is 1. The van der Waals surface area contributed by atoms with E-state index in [4.69, 9.17) is 0 Å². The summed E-state index contributed by atoms with van der Waals surface area (Å²) in [6, 6.07) is 8.53. The smallest absolute Gasteiger partial charge is 0.271 e. The minimum absolute atomic E-state index is 0.107. The molecule has 1 aromatic carbocycles. The first-order valence-corrected chi connectivity index (χ1v) is 5.69. The van der Waals surface area contributed by atoms with Crippen LogP contribution in [0.15, 0.2) is 41.1 Å². The van der Waals surface area contributed by atoms with Gasteiger partial charge in [-0.15, -0.1) is 0 Å². The van der Waals surface area contributed by atoms with Gasteiger partial charge in [0, 0.05) is 24.4 Å². The molecule has 0 fully saturated rings. The van der Waals surface area contributed by atoms with Gasteiger partial charge in [-0.1, -0.05) is 6.07 Å². The van der Waals surface area contributed by atoms with Crippen LogP contribution in [0.25, 0.3) is 0 Å². The highest BCUT2D eigenvalue weighted by molar-refractivity contribution is 7.07. The molecular formula is C11H10N2O2S. The van der Waals surface area contributed by atoms with Crippen LogP contribution >= 0.6 is 11.3 Å². The Kier molecular flexibility index (Phi) is 3.16. The van der Waals surface area contributed by atoms with Crippen LogP contribution < -0.4 is 5.32 Å². The lowest BCUT2D eigenvalue weighted by molar-refractivity contribution is -0.384. The average Bonchev–Trinajstić information content (AvgIpc) is 2.79. The number of nitro groups is 1. The molecule has 1 heterocycles. The predicted molar refractivity (Wildman–Crippen MR) is 64.7 cm³/mol. The van der Waals surface area contributed by atoms with Crippen molar-refractivity contribution < 1.29 is 4.92 Å². The second-order valence-electron chi connectivity index (χ2n) is 3.29. The van der Waals surface area contributed by atoms with Crippen molar-refractivity contribution in [2.75, 3.05) is 5.32 Å². The van der Waals surface area contributed by atoms with E-state index < -0.39 is 4.92 Å². The fourth-order valence-electron chi connectivity index (χ4n) is 1.33. The van der Waals surface area contributed by atoms with Gasteiger partial charge in [-0.05, 0) is 28.5 Å². The molecule has 1 N–H and O–H groups in total. The molecule has 16 heavy (non-hydrogen) atoms. The lowest BCUT2D eigenvalue weighted by Gasteiger charge is -2.04.